The molecule has 182 valence electrons. The summed E-state index contributed by atoms with van der Waals surface area (Å²) in [7, 11) is 1.97. The molecule has 0 aliphatic heterocycles. The second-order valence-electron chi connectivity index (χ2n) is 8.86. The van der Waals surface area contributed by atoms with E-state index in [0.29, 0.717) is 12.5 Å². The molecule has 0 saturated carbocycles. The van der Waals surface area contributed by atoms with Crippen molar-refractivity contribution in [3.63, 3.8) is 0 Å². The van der Waals surface area contributed by atoms with Gasteiger partial charge in [0.05, 0.1) is 0 Å². The Morgan fingerprint density at radius 3 is 2.29 bits per heavy atom. The Morgan fingerprint density at radius 1 is 0.941 bits per heavy atom. The Bertz CT molecular complexity index is 985. The zero-order valence-electron chi connectivity index (χ0n) is 21.2. The summed E-state index contributed by atoms with van der Waals surface area (Å²) in [5.74, 6) is 0.539. The minimum absolute atomic E-state index is 0.0313. The van der Waals surface area contributed by atoms with Crippen LogP contribution < -0.4 is 16.4 Å². The second kappa shape index (κ2) is 14.9. The van der Waals surface area contributed by atoms with Crippen LogP contribution in [0, 0.1) is 0 Å². The van der Waals surface area contributed by atoms with E-state index in [9.17, 15) is 4.79 Å². The first-order valence-electron chi connectivity index (χ1n) is 12.4. The first kappa shape index (κ1) is 27.1. The van der Waals surface area contributed by atoms with Crippen molar-refractivity contribution in [2.24, 2.45) is 5.73 Å². The Hall–Kier alpha value is -3.11. The maximum Gasteiger partial charge on any atom is 0.127 e. The van der Waals surface area contributed by atoms with Gasteiger partial charge in [0.2, 0.25) is 0 Å². The number of rotatable bonds is 11. The Balaban J connectivity index is 0.000000287. The van der Waals surface area contributed by atoms with Crippen molar-refractivity contribution < 1.29 is 4.79 Å². The Labute approximate surface area is 206 Å². The van der Waals surface area contributed by atoms with Gasteiger partial charge in [0, 0.05) is 30.9 Å². The van der Waals surface area contributed by atoms with E-state index < -0.39 is 0 Å². The molecule has 3 aromatic carbocycles. The minimum atomic E-state index is -0.0313. The monoisotopic (exact) mass is 459 g/mol. The van der Waals surface area contributed by atoms with Gasteiger partial charge in [0.1, 0.15) is 6.29 Å². The standard InChI is InChI=1S/C20H28N2.C10H13NO/c1-5-11-22-20-10-9-19(21-4)14-18(20)13-16-7-6-8-17(12-16)15(2)3;11-7-6-10(8-12)9-4-2-1-3-5-9/h6-10,12,14-15,21-22H,5,11,13H2,1-4H3;1-5,8,10H,6-7,11H2. The van der Waals surface area contributed by atoms with Gasteiger partial charge in [-0.2, -0.15) is 0 Å². The predicted molar refractivity (Wildman–Crippen MR) is 147 cm³/mol. The normalized spacial score (nSPS) is 11.4. The van der Waals surface area contributed by atoms with Crippen LogP contribution in [-0.2, 0) is 11.2 Å². The molecule has 0 fully saturated rings. The molecule has 0 aliphatic carbocycles. The maximum atomic E-state index is 10.6. The number of hydrogen-bond acceptors (Lipinski definition) is 4. The smallest absolute Gasteiger partial charge is 0.127 e. The molecule has 1 unspecified atom stereocenters. The highest BCUT2D eigenvalue weighted by Gasteiger charge is 2.08. The summed E-state index contributed by atoms with van der Waals surface area (Å²) < 4.78 is 0. The highest BCUT2D eigenvalue weighted by atomic mass is 16.1. The molecule has 3 rings (SSSR count). The van der Waals surface area contributed by atoms with Crippen LogP contribution in [-0.4, -0.2) is 26.4 Å². The first-order chi connectivity index (χ1) is 16.5. The van der Waals surface area contributed by atoms with Crippen molar-refractivity contribution in [2.45, 2.75) is 51.9 Å². The van der Waals surface area contributed by atoms with E-state index in [0.717, 1.165) is 43.3 Å². The number of hydrogen-bond donors (Lipinski definition) is 3. The summed E-state index contributed by atoms with van der Waals surface area (Å²) in [6.07, 6.45) is 3.79. The third-order valence-electron chi connectivity index (χ3n) is 5.84. The van der Waals surface area contributed by atoms with E-state index in [1.54, 1.807) is 0 Å². The maximum absolute atomic E-state index is 10.6. The molecule has 0 radical (unpaired) electrons. The van der Waals surface area contributed by atoms with E-state index in [4.69, 9.17) is 5.73 Å². The van der Waals surface area contributed by atoms with Crippen molar-refractivity contribution >= 4 is 17.7 Å². The lowest BCUT2D eigenvalue weighted by molar-refractivity contribution is -0.109. The minimum Gasteiger partial charge on any atom is -0.388 e. The summed E-state index contributed by atoms with van der Waals surface area (Å²) in [5, 5.41) is 6.78. The van der Waals surface area contributed by atoms with Crippen molar-refractivity contribution in [3.8, 4) is 0 Å². The fourth-order valence-corrected chi connectivity index (χ4v) is 3.80. The van der Waals surface area contributed by atoms with Gasteiger partial charge in [0.25, 0.3) is 0 Å². The van der Waals surface area contributed by atoms with Crippen molar-refractivity contribution in [1.82, 2.24) is 0 Å². The summed E-state index contributed by atoms with van der Waals surface area (Å²) in [6.45, 7) is 8.25. The molecule has 0 saturated heterocycles. The highest BCUT2D eigenvalue weighted by molar-refractivity contribution is 5.62. The summed E-state index contributed by atoms with van der Waals surface area (Å²) in [6, 6.07) is 25.2. The van der Waals surface area contributed by atoms with Crippen LogP contribution in [0.25, 0.3) is 0 Å². The molecule has 3 aromatic rings. The molecule has 4 N–H and O–H groups in total. The first-order valence-corrected chi connectivity index (χ1v) is 12.4. The predicted octanol–water partition coefficient (Wildman–Crippen LogP) is 6.58. The molecule has 4 heteroatoms. The van der Waals surface area contributed by atoms with Crippen LogP contribution in [0.3, 0.4) is 0 Å². The fraction of sp³-hybridized carbons (Fsp3) is 0.367. The number of anilines is 2. The molecule has 0 spiro atoms. The van der Waals surface area contributed by atoms with Gasteiger partial charge in [0.15, 0.2) is 0 Å². The van der Waals surface area contributed by atoms with Gasteiger partial charge in [-0.25, -0.2) is 0 Å². The molecule has 0 heterocycles. The third kappa shape index (κ3) is 8.68. The quantitative estimate of drug-likeness (QED) is 0.283. The number of aldehydes is 1. The highest BCUT2D eigenvalue weighted by Crippen LogP contribution is 2.25. The van der Waals surface area contributed by atoms with Crippen LogP contribution in [0.4, 0.5) is 11.4 Å². The molecular formula is C30H41N3O. The molecular weight excluding hydrogens is 418 g/mol. The van der Waals surface area contributed by atoms with Gasteiger partial charge in [-0.3, -0.25) is 0 Å². The van der Waals surface area contributed by atoms with Gasteiger partial charge >= 0.3 is 0 Å². The zero-order valence-corrected chi connectivity index (χ0v) is 21.2. The lowest BCUT2D eigenvalue weighted by Gasteiger charge is -2.15. The Kier molecular flexibility index (Phi) is 11.9. The van der Waals surface area contributed by atoms with Gasteiger partial charge in [-0.1, -0.05) is 75.4 Å². The fourth-order valence-electron chi connectivity index (χ4n) is 3.80. The average molecular weight is 460 g/mol. The van der Waals surface area contributed by atoms with E-state index in [1.807, 2.05) is 37.4 Å². The van der Waals surface area contributed by atoms with Crippen LogP contribution in [0.1, 0.15) is 67.7 Å². The second-order valence-corrected chi connectivity index (χ2v) is 8.86. The molecule has 1 atom stereocenters. The molecule has 0 bridgehead atoms. The topological polar surface area (TPSA) is 67.2 Å². The van der Waals surface area contributed by atoms with Crippen LogP contribution in [0.15, 0.2) is 72.8 Å². The van der Waals surface area contributed by atoms with Crippen LogP contribution in [0.5, 0.6) is 0 Å². The van der Waals surface area contributed by atoms with E-state index in [-0.39, 0.29) is 5.92 Å². The van der Waals surface area contributed by atoms with Gasteiger partial charge in [-0.05, 0) is 72.2 Å². The van der Waals surface area contributed by atoms with Gasteiger partial charge < -0.3 is 21.2 Å². The number of benzene rings is 3. The number of nitrogens with one attached hydrogen (secondary N) is 2. The van der Waals surface area contributed by atoms with Crippen LogP contribution >= 0.6 is 0 Å². The number of nitrogens with two attached hydrogens (primary N) is 1. The molecule has 34 heavy (non-hydrogen) atoms. The zero-order chi connectivity index (χ0) is 24.8. The largest absolute Gasteiger partial charge is 0.388 e. The van der Waals surface area contributed by atoms with E-state index in [2.05, 4.69) is 73.9 Å². The SMILES string of the molecule is CCCNc1ccc(NC)cc1Cc1cccc(C(C)C)c1.NCCC(C=O)c1ccccc1. The lowest BCUT2D eigenvalue weighted by Crippen LogP contribution is -2.08. The van der Waals surface area contributed by atoms with E-state index in [1.165, 1.54) is 22.4 Å². The average Bonchev–Trinajstić information content (AvgIpc) is 2.87. The summed E-state index contributed by atoms with van der Waals surface area (Å²) in [4.78, 5) is 10.6. The summed E-state index contributed by atoms with van der Waals surface area (Å²) >= 11 is 0. The Morgan fingerprint density at radius 2 is 1.68 bits per heavy atom. The van der Waals surface area contributed by atoms with Crippen molar-refractivity contribution in [3.05, 3.63) is 95.1 Å². The van der Waals surface area contributed by atoms with Crippen LogP contribution in [0.2, 0.25) is 0 Å². The van der Waals surface area contributed by atoms with Gasteiger partial charge in [-0.15, -0.1) is 0 Å². The number of carbonyl (C=O) groups excluding carboxylic acids is 1. The van der Waals surface area contributed by atoms with E-state index >= 15 is 0 Å². The molecule has 0 aliphatic rings. The number of carbonyl (C=O) groups is 1. The van der Waals surface area contributed by atoms with Crippen molar-refractivity contribution in [2.75, 3.05) is 30.8 Å². The summed E-state index contributed by atoms with van der Waals surface area (Å²) in [5.41, 5.74) is 13.0. The molecule has 0 amide bonds. The van der Waals surface area contributed by atoms with Crippen molar-refractivity contribution in [1.29, 1.82) is 0 Å². The molecule has 4 nitrogen and oxygen atoms in total. The third-order valence-corrected chi connectivity index (χ3v) is 5.84. The lowest BCUT2D eigenvalue weighted by atomic mass is 9.96. The molecule has 0 aromatic heterocycles.